The lowest BCUT2D eigenvalue weighted by atomic mass is 10.00. The lowest BCUT2D eigenvalue weighted by Gasteiger charge is -2.16. The van der Waals surface area contributed by atoms with Crippen LogP contribution in [-0.4, -0.2) is 30.2 Å². The quantitative estimate of drug-likeness (QED) is 0.730. The third kappa shape index (κ3) is 2.58. The zero-order valence-corrected chi connectivity index (χ0v) is 9.94. The molecule has 17 heavy (non-hydrogen) atoms. The second kappa shape index (κ2) is 5.19. The highest BCUT2D eigenvalue weighted by atomic mass is 16.3. The van der Waals surface area contributed by atoms with Gasteiger partial charge in [0.1, 0.15) is 0 Å². The summed E-state index contributed by atoms with van der Waals surface area (Å²) in [6.07, 6.45) is 0.591. The first-order valence-electron chi connectivity index (χ1n) is 5.96. The van der Waals surface area contributed by atoms with Gasteiger partial charge in [0.15, 0.2) is 0 Å². The van der Waals surface area contributed by atoms with Gasteiger partial charge in [0, 0.05) is 24.9 Å². The van der Waals surface area contributed by atoms with Crippen LogP contribution in [0.15, 0.2) is 24.3 Å². The topological polar surface area (TPSA) is 61.4 Å². The third-order valence-electron chi connectivity index (χ3n) is 3.10. The van der Waals surface area contributed by atoms with Gasteiger partial charge in [-0.25, -0.2) is 0 Å². The number of fused-ring (bicyclic) bond motifs is 1. The van der Waals surface area contributed by atoms with Crippen molar-refractivity contribution in [3.63, 3.8) is 0 Å². The molecule has 2 atom stereocenters. The normalized spacial score (nSPS) is 19.3. The molecule has 1 aliphatic heterocycles. The lowest BCUT2D eigenvalue weighted by Crippen LogP contribution is -2.37. The minimum atomic E-state index is -0.118. The summed E-state index contributed by atoms with van der Waals surface area (Å²) in [7, 11) is 0. The van der Waals surface area contributed by atoms with Crippen LogP contribution in [0.3, 0.4) is 0 Å². The summed E-state index contributed by atoms with van der Waals surface area (Å²) in [6, 6.07) is 7.89. The van der Waals surface area contributed by atoms with E-state index in [0.717, 1.165) is 11.3 Å². The highest BCUT2D eigenvalue weighted by molar-refractivity contribution is 5.88. The summed E-state index contributed by atoms with van der Waals surface area (Å²) < 4.78 is 0. The van der Waals surface area contributed by atoms with E-state index >= 15 is 0 Å². The van der Waals surface area contributed by atoms with E-state index in [9.17, 15) is 4.79 Å². The van der Waals surface area contributed by atoms with Crippen LogP contribution >= 0.6 is 0 Å². The van der Waals surface area contributed by atoms with Gasteiger partial charge >= 0.3 is 0 Å². The molecule has 1 amide bonds. The Morgan fingerprint density at radius 3 is 3.12 bits per heavy atom. The fourth-order valence-electron chi connectivity index (χ4n) is 2.13. The van der Waals surface area contributed by atoms with E-state index in [0.29, 0.717) is 13.0 Å². The van der Waals surface area contributed by atoms with Crippen LogP contribution in [0, 0.1) is 0 Å². The predicted molar refractivity (Wildman–Crippen MR) is 67.0 cm³/mol. The fraction of sp³-hybridized carbons (Fsp3) is 0.462. The molecule has 4 heteroatoms. The highest BCUT2D eigenvalue weighted by Crippen LogP contribution is 2.30. The zero-order valence-electron chi connectivity index (χ0n) is 9.94. The maximum absolute atomic E-state index is 12.1. The number of rotatable bonds is 4. The minimum Gasteiger partial charge on any atom is -0.396 e. The summed E-state index contributed by atoms with van der Waals surface area (Å²) in [5.74, 6) is -0.0873. The number of benzene rings is 1. The molecule has 3 N–H and O–H groups in total. The molecule has 1 aromatic carbocycles. The number of aliphatic hydroxyl groups is 1. The molecule has 0 bridgehead atoms. The SMILES string of the molecule is CC(CCO)NC(=O)C1CNc2ccccc21. The molecule has 0 radical (unpaired) electrons. The Bertz CT molecular complexity index is 406. The minimum absolute atomic E-state index is 0.0141. The molecule has 1 aliphatic rings. The summed E-state index contributed by atoms with van der Waals surface area (Å²) in [6.45, 7) is 2.65. The highest BCUT2D eigenvalue weighted by Gasteiger charge is 2.28. The van der Waals surface area contributed by atoms with E-state index in [1.54, 1.807) is 0 Å². The Labute approximate surface area is 101 Å². The van der Waals surface area contributed by atoms with E-state index in [4.69, 9.17) is 5.11 Å². The maximum Gasteiger partial charge on any atom is 0.229 e. The molecule has 1 aromatic rings. The molecular formula is C13H18N2O2. The Balaban J connectivity index is 2.02. The zero-order chi connectivity index (χ0) is 12.3. The van der Waals surface area contributed by atoms with Gasteiger partial charge in [0.25, 0.3) is 0 Å². The van der Waals surface area contributed by atoms with Crippen molar-refractivity contribution >= 4 is 11.6 Å². The van der Waals surface area contributed by atoms with Gasteiger partial charge in [-0.15, -0.1) is 0 Å². The molecule has 2 unspecified atom stereocenters. The largest absolute Gasteiger partial charge is 0.396 e. The van der Waals surface area contributed by atoms with Gasteiger partial charge in [0.2, 0.25) is 5.91 Å². The van der Waals surface area contributed by atoms with Crippen molar-refractivity contribution in [2.75, 3.05) is 18.5 Å². The van der Waals surface area contributed by atoms with Crippen LogP contribution in [0.2, 0.25) is 0 Å². The monoisotopic (exact) mass is 234 g/mol. The van der Waals surface area contributed by atoms with Crippen molar-refractivity contribution in [3.05, 3.63) is 29.8 Å². The second-order valence-corrected chi connectivity index (χ2v) is 4.44. The summed E-state index contributed by atoms with van der Waals surface area (Å²) >= 11 is 0. The molecule has 0 fully saturated rings. The smallest absolute Gasteiger partial charge is 0.229 e. The van der Waals surface area contributed by atoms with Crippen molar-refractivity contribution in [1.82, 2.24) is 5.32 Å². The molecule has 92 valence electrons. The molecule has 2 rings (SSSR count). The number of aliphatic hydroxyl groups excluding tert-OH is 1. The van der Waals surface area contributed by atoms with Crippen molar-refractivity contribution in [2.45, 2.75) is 25.3 Å². The van der Waals surface area contributed by atoms with Crippen LogP contribution in [0.5, 0.6) is 0 Å². The van der Waals surface area contributed by atoms with Crippen molar-refractivity contribution < 1.29 is 9.90 Å². The average molecular weight is 234 g/mol. The molecule has 0 saturated heterocycles. The van der Waals surface area contributed by atoms with Gasteiger partial charge in [-0.05, 0) is 25.0 Å². The Morgan fingerprint density at radius 2 is 2.35 bits per heavy atom. The molecular weight excluding hydrogens is 216 g/mol. The summed E-state index contributed by atoms with van der Waals surface area (Å²) in [5, 5.41) is 15.0. The lowest BCUT2D eigenvalue weighted by molar-refractivity contribution is -0.122. The standard InChI is InChI=1S/C13H18N2O2/c1-9(6-7-16)15-13(17)11-8-14-12-5-3-2-4-10(11)12/h2-5,9,11,14,16H,6-8H2,1H3,(H,15,17). The molecule has 0 spiro atoms. The van der Waals surface area contributed by atoms with Gasteiger partial charge < -0.3 is 15.7 Å². The molecule has 0 aromatic heterocycles. The van der Waals surface area contributed by atoms with E-state index in [-0.39, 0.29) is 24.5 Å². The van der Waals surface area contributed by atoms with Gasteiger partial charge in [-0.3, -0.25) is 4.79 Å². The van der Waals surface area contributed by atoms with Crippen LogP contribution < -0.4 is 10.6 Å². The van der Waals surface area contributed by atoms with Crippen molar-refractivity contribution in [1.29, 1.82) is 0 Å². The second-order valence-electron chi connectivity index (χ2n) is 4.44. The Hall–Kier alpha value is -1.55. The number of anilines is 1. The van der Waals surface area contributed by atoms with Gasteiger partial charge in [-0.1, -0.05) is 18.2 Å². The first-order valence-corrected chi connectivity index (χ1v) is 5.96. The third-order valence-corrected chi connectivity index (χ3v) is 3.10. The predicted octanol–water partition coefficient (Wildman–Crippen LogP) is 1.08. The summed E-state index contributed by atoms with van der Waals surface area (Å²) in [4.78, 5) is 12.1. The first-order chi connectivity index (χ1) is 8.22. The number of hydrogen-bond acceptors (Lipinski definition) is 3. The van der Waals surface area contributed by atoms with Crippen molar-refractivity contribution in [2.24, 2.45) is 0 Å². The van der Waals surface area contributed by atoms with Crippen molar-refractivity contribution in [3.8, 4) is 0 Å². The van der Waals surface area contributed by atoms with E-state index in [1.165, 1.54) is 0 Å². The Kier molecular flexibility index (Phi) is 3.64. The van der Waals surface area contributed by atoms with Gasteiger partial charge in [-0.2, -0.15) is 0 Å². The number of nitrogens with one attached hydrogen (secondary N) is 2. The fourth-order valence-corrected chi connectivity index (χ4v) is 2.13. The average Bonchev–Trinajstić information content (AvgIpc) is 2.72. The number of para-hydroxylation sites is 1. The number of amides is 1. The van der Waals surface area contributed by atoms with E-state index in [1.807, 2.05) is 31.2 Å². The molecule has 4 nitrogen and oxygen atoms in total. The first kappa shape index (κ1) is 11.9. The number of hydrogen-bond donors (Lipinski definition) is 3. The van der Waals surface area contributed by atoms with E-state index < -0.39 is 0 Å². The van der Waals surface area contributed by atoms with Crippen LogP contribution in [0.1, 0.15) is 24.8 Å². The summed E-state index contributed by atoms with van der Waals surface area (Å²) in [5.41, 5.74) is 2.10. The maximum atomic E-state index is 12.1. The molecule has 1 heterocycles. The van der Waals surface area contributed by atoms with E-state index in [2.05, 4.69) is 10.6 Å². The van der Waals surface area contributed by atoms with Crippen LogP contribution in [-0.2, 0) is 4.79 Å². The number of carbonyl (C=O) groups is 1. The molecule has 0 saturated carbocycles. The van der Waals surface area contributed by atoms with Crippen LogP contribution in [0.25, 0.3) is 0 Å². The molecule has 0 aliphatic carbocycles. The number of carbonyl (C=O) groups excluding carboxylic acids is 1. The van der Waals surface area contributed by atoms with Gasteiger partial charge in [0.05, 0.1) is 5.92 Å². The van der Waals surface area contributed by atoms with Crippen LogP contribution in [0.4, 0.5) is 5.69 Å². The Morgan fingerprint density at radius 1 is 1.59 bits per heavy atom.